The van der Waals surface area contributed by atoms with Crippen LogP contribution in [0.4, 0.5) is 5.69 Å². The van der Waals surface area contributed by atoms with Gasteiger partial charge in [-0.3, -0.25) is 9.59 Å². The van der Waals surface area contributed by atoms with Gasteiger partial charge in [0.25, 0.3) is 0 Å². The van der Waals surface area contributed by atoms with Crippen LogP contribution in [0.25, 0.3) is 0 Å². The van der Waals surface area contributed by atoms with E-state index in [4.69, 9.17) is 4.74 Å². The molecular formula is C17H18N2O3. The molecule has 2 aromatic carbocycles. The zero-order chi connectivity index (χ0) is 15.9. The van der Waals surface area contributed by atoms with E-state index in [9.17, 15) is 9.59 Å². The maximum Gasteiger partial charge on any atom is 0.228 e. The van der Waals surface area contributed by atoms with Gasteiger partial charge < -0.3 is 4.74 Å². The van der Waals surface area contributed by atoms with Crippen LogP contribution in [-0.4, -0.2) is 37.9 Å². The molecule has 0 saturated heterocycles. The van der Waals surface area contributed by atoms with E-state index in [1.807, 2.05) is 6.07 Å². The van der Waals surface area contributed by atoms with Crippen molar-refractivity contribution in [1.82, 2.24) is 5.01 Å². The molecule has 0 N–H and O–H groups in total. The van der Waals surface area contributed by atoms with Crippen molar-refractivity contribution < 1.29 is 14.3 Å². The third-order valence-corrected chi connectivity index (χ3v) is 3.10. The number of carbonyl (C=O) groups is 2. The summed E-state index contributed by atoms with van der Waals surface area (Å²) in [5.41, 5.74) is 1.18. The van der Waals surface area contributed by atoms with Crippen molar-refractivity contribution in [3.63, 3.8) is 0 Å². The molecule has 0 bridgehead atoms. The van der Waals surface area contributed by atoms with Gasteiger partial charge in [-0.15, -0.1) is 0 Å². The number of amides is 1. The highest BCUT2D eigenvalue weighted by molar-refractivity contribution is 5.97. The fraction of sp³-hybridized carbons (Fsp3) is 0.176. The lowest BCUT2D eigenvalue weighted by atomic mass is 10.1. The number of hydrogen-bond acceptors (Lipinski definition) is 4. The largest absolute Gasteiger partial charge is 0.483 e. The Hall–Kier alpha value is -2.66. The molecule has 0 aliphatic heterocycles. The van der Waals surface area contributed by atoms with Crippen LogP contribution in [0.3, 0.4) is 0 Å². The molecule has 0 atom stereocenters. The summed E-state index contributed by atoms with van der Waals surface area (Å²) in [5, 5.41) is 3.04. The summed E-state index contributed by atoms with van der Waals surface area (Å²) in [5.74, 6) is 0.366. The minimum atomic E-state index is -0.113. The van der Waals surface area contributed by atoms with Crippen molar-refractivity contribution in [2.24, 2.45) is 0 Å². The van der Waals surface area contributed by atoms with Gasteiger partial charge in [0.05, 0.1) is 0 Å². The zero-order valence-electron chi connectivity index (χ0n) is 12.6. The first-order valence-electron chi connectivity index (χ1n) is 6.85. The molecule has 0 unspecified atom stereocenters. The summed E-state index contributed by atoms with van der Waals surface area (Å²) < 4.78 is 5.61. The number of ketones is 1. The quantitative estimate of drug-likeness (QED) is 0.447. The van der Waals surface area contributed by atoms with E-state index in [-0.39, 0.29) is 12.4 Å². The molecule has 0 aliphatic carbocycles. The molecule has 0 heterocycles. The first-order chi connectivity index (χ1) is 10.6. The van der Waals surface area contributed by atoms with Gasteiger partial charge in [-0.05, 0) is 12.1 Å². The molecule has 2 rings (SSSR count). The van der Waals surface area contributed by atoms with Gasteiger partial charge >= 0.3 is 0 Å². The van der Waals surface area contributed by atoms with E-state index in [2.05, 4.69) is 0 Å². The number of rotatable bonds is 7. The van der Waals surface area contributed by atoms with Crippen molar-refractivity contribution in [3.05, 3.63) is 60.2 Å². The van der Waals surface area contributed by atoms with Gasteiger partial charge in [-0.2, -0.15) is 0 Å². The van der Waals surface area contributed by atoms with Gasteiger partial charge in [0, 0.05) is 19.7 Å². The molecule has 1 amide bonds. The fourth-order valence-corrected chi connectivity index (χ4v) is 1.99. The van der Waals surface area contributed by atoms with E-state index < -0.39 is 0 Å². The first-order valence-corrected chi connectivity index (χ1v) is 6.85. The molecule has 0 radical (unpaired) electrons. The van der Waals surface area contributed by atoms with Crippen molar-refractivity contribution in [1.29, 1.82) is 0 Å². The molecule has 2 aromatic rings. The van der Waals surface area contributed by atoms with E-state index in [0.29, 0.717) is 23.4 Å². The monoisotopic (exact) mass is 298 g/mol. The van der Waals surface area contributed by atoms with Crippen LogP contribution < -0.4 is 9.75 Å². The predicted octanol–water partition coefficient (Wildman–Crippen LogP) is 2.39. The Morgan fingerprint density at radius 1 is 1.05 bits per heavy atom. The molecule has 0 spiro atoms. The second-order valence-electron chi connectivity index (χ2n) is 4.84. The summed E-state index contributed by atoms with van der Waals surface area (Å²) in [7, 11) is 3.50. The normalized spacial score (nSPS) is 10.3. The highest BCUT2D eigenvalue weighted by Crippen LogP contribution is 2.27. The van der Waals surface area contributed by atoms with Crippen LogP contribution in [0.2, 0.25) is 0 Å². The molecule has 5 heteroatoms. The Labute approximate surface area is 129 Å². The maximum absolute atomic E-state index is 12.1. The van der Waals surface area contributed by atoms with E-state index >= 15 is 0 Å². The number of para-hydroxylation sites is 2. The third-order valence-electron chi connectivity index (χ3n) is 3.10. The zero-order valence-corrected chi connectivity index (χ0v) is 12.6. The lowest BCUT2D eigenvalue weighted by molar-refractivity contribution is -0.109. The highest BCUT2D eigenvalue weighted by atomic mass is 16.5. The van der Waals surface area contributed by atoms with Crippen LogP contribution >= 0.6 is 0 Å². The summed E-state index contributed by atoms with van der Waals surface area (Å²) in [4.78, 5) is 23.3. The van der Waals surface area contributed by atoms with Gasteiger partial charge in [0.2, 0.25) is 6.41 Å². The van der Waals surface area contributed by atoms with Gasteiger partial charge in [-0.1, -0.05) is 42.5 Å². The number of hydrazine groups is 1. The van der Waals surface area contributed by atoms with E-state index in [1.54, 1.807) is 67.6 Å². The number of nitrogens with zero attached hydrogens (tertiary/aromatic N) is 2. The molecular weight excluding hydrogens is 280 g/mol. The second-order valence-corrected chi connectivity index (χ2v) is 4.84. The van der Waals surface area contributed by atoms with E-state index in [1.165, 1.54) is 5.01 Å². The number of hydrogen-bond donors (Lipinski definition) is 0. The van der Waals surface area contributed by atoms with Gasteiger partial charge in [-0.25, -0.2) is 10.0 Å². The molecule has 0 aromatic heterocycles. The summed E-state index contributed by atoms with van der Waals surface area (Å²) in [6.07, 6.45) is 0.696. The van der Waals surface area contributed by atoms with E-state index in [0.717, 1.165) is 0 Å². The number of benzene rings is 2. The smallest absolute Gasteiger partial charge is 0.228 e. The van der Waals surface area contributed by atoms with Crippen LogP contribution in [0, 0.1) is 0 Å². The average molecular weight is 298 g/mol. The fourth-order valence-electron chi connectivity index (χ4n) is 1.99. The molecule has 5 nitrogen and oxygen atoms in total. The van der Waals surface area contributed by atoms with Crippen molar-refractivity contribution in [2.45, 2.75) is 0 Å². The standard InChI is InChI=1S/C17H18N2O3/c1-18(2)19(13-20)15-10-6-7-11-17(15)22-12-16(21)14-8-4-3-5-9-14/h3-11,13H,12H2,1-2H3. The number of carbonyl (C=O) groups excluding carboxylic acids is 2. The number of anilines is 1. The molecule has 0 fully saturated rings. The third kappa shape index (κ3) is 3.71. The Morgan fingerprint density at radius 2 is 1.68 bits per heavy atom. The predicted molar refractivity (Wildman–Crippen MR) is 84.9 cm³/mol. The Balaban J connectivity index is 2.13. The summed E-state index contributed by atoms with van der Waals surface area (Å²) >= 11 is 0. The lowest BCUT2D eigenvalue weighted by Crippen LogP contribution is -2.36. The van der Waals surface area contributed by atoms with Crippen molar-refractivity contribution in [3.8, 4) is 5.75 Å². The minimum absolute atomic E-state index is 0.0822. The Kier molecular flexibility index (Phi) is 5.27. The molecule has 22 heavy (non-hydrogen) atoms. The molecule has 0 saturated carbocycles. The lowest BCUT2D eigenvalue weighted by Gasteiger charge is -2.26. The summed E-state index contributed by atoms with van der Waals surface area (Å²) in [6.45, 7) is -0.0822. The van der Waals surface area contributed by atoms with Crippen LogP contribution in [0.5, 0.6) is 5.75 Å². The molecule has 114 valence electrons. The summed E-state index contributed by atoms with van der Waals surface area (Å²) in [6, 6.07) is 16.1. The SMILES string of the molecule is CN(C)N(C=O)c1ccccc1OCC(=O)c1ccccc1. The Morgan fingerprint density at radius 3 is 2.32 bits per heavy atom. The van der Waals surface area contributed by atoms with Crippen molar-refractivity contribution in [2.75, 3.05) is 25.7 Å². The minimum Gasteiger partial charge on any atom is -0.483 e. The maximum atomic E-state index is 12.1. The van der Waals surface area contributed by atoms with Gasteiger partial charge in [0.1, 0.15) is 11.4 Å². The number of ether oxygens (including phenoxy) is 1. The second kappa shape index (κ2) is 7.38. The highest BCUT2D eigenvalue weighted by Gasteiger charge is 2.14. The van der Waals surface area contributed by atoms with Crippen molar-refractivity contribution >= 4 is 17.9 Å². The van der Waals surface area contributed by atoms with Gasteiger partial charge in [0.15, 0.2) is 12.4 Å². The van der Waals surface area contributed by atoms with Crippen LogP contribution in [-0.2, 0) is 4.79 Å². The van der Waals surface area contributed by atoms with Crippen LogP contribution in [0.1, 0.15) is 10.4 Å². The molecule has 0 aliphatic rings. The topological polar surface area (TPSA) is 49.9 Å². The van der Waals surface area contributed by atoms with Crippen LogP contribution in [0.15, 0.2) is 54.6 Å². The average Bonchev–Trinajstić information content (AvgIpc) is 2.55. The first kappa shape index (κ1) is 15.7. The Bertz CT molecular complexity index is 641. The number of Topliss-reactive ketones (excluding diaryl/α,β-unsaturated/α-hetero) is 1.